The van der Waals surface area contributed by atoms with Crippen LogP contribution >= 0.6 is 0 Å². The molecule has 5 rings (SSSR count). The maximum absolute atomic E-state index is 13.5. The Kier molecular flexibility index (Phi) is 6.59. The van der Waals surface area contributed by atoms with E-state index in [1.54, 1.807) is 13.2 Å². The molecule has 0 bridgehead atoms. The van der Waals surface area contributed by atoms with Crippen molar-refractivity contribution in [3.8, 4) is 5.75 Å². The molecule has 1 heterocycles. The lowest BCUT2D eigenvalue weighted by molar-refractivity contribution is -0.385. The number of hydrogen-bond donors (Lipinski definition) is 3. The Morgan fingerprint density at radius 1 is 0.921 bits per heavy atom. The van der Waals surface area contributed by atoms with E-state index in [-0.39, 0.29) is 11.3 Å². The number of nitro groups is 1. The van der Waals surface area contributed by atoms with E-state index in [0.717, 1.165) is 16.7 Å². The quantitative estimate of drug-likeness (QED) is 0.265. The van der Waals surface area contributed by atoms with Gasteiger partial charge in [0.2, 0.25) is 0 Å². The number of ether oxygens (including phenoxy) is 1. The molecule has 9 nitrogen and oxygen atoms in total. The monoisotopic (exact) mass is 508 g/mol. The third kappa shape index (κ3) is 4.35. The number of rotatable bonds is 6. The van der Waals surface area contributed by atoms with Gasteiger partial charge in [0.05, 0.1) is 17.6 Å². The van der Waals surface area contributed by atoms with E-state index >= 15 is 0 Å². The third-order valence-corrected chi connectivity index (χ3v) is 6.54. The van der Waals surface area contributed by atoms with Crippen molar-refractivity contribution in [2.45, 2.75) is 11.7 Å². The standard InChI is InChI=1S/C29H24N4O5/c1-38-21-13-9-12-20(18-21)29(19-10-3-2-4-11-19)23-15-6-7-16-24(23)30-28(35)26(32-29)31-27(34)22-14-5-8-17-25(22)33(36)37/h2-18,26,32H,1H3,(H,30,35)(H,31,34). The van der Waals surface area contributed by atoms with Crippen molar-refractivity contribution in [3.63, 3.8) is 0 Å². The van der Waals surface area contributed by atoms with Crippen molar-refractivity contribution in [2.75, 3.05) is 12.4 Å². The van der Waals surface area contributed by atoms with Crippen LogP contribution in [0.2, 0.25) is 0 Å². The van der Waals surface area contributed by atoms with E-state index in [1.807, 2.05) is 72.8 Å². The average molecular weight is 509 g/mol. The molecule has 2 unspecified atom stereocenters. The highest BCUT2D eigenvalue weighted by molar-refractivity contribution is 6.03. The summed E-state index contributed by atoms with van der Waals surface area (Å²) in [6, 6.07) is 30.0. The summed E-state index contributed by atoms with van der Waals surface area (Å²) in [6.45, 7) is 0. The van der Waals surface area contributed by atoms with Gasteiger partial charge in [-0.05, 0) is 35.4 Å². The lowest BCUT2D eigenvalue weighted by Gasteiger charge is -2.38. The summed E-state index contributed by atoms with van der Waals surface area (Å²) in [5.41, 5.74) is 1.24. The Balaban J connectivity index is 1.69. The Morgan fingerprint density at radius 2 is 1.61 bits per heavy atom. The molecule has 2 amide bonds. The van der Waals surface area contributed by atoms with Crippen molar-refractivity contribution in [3.05, 3.63) is 135 Å². The van der Waals surface area contributed by atoms with E-state index in [1.165, 1.54) is 24.3 Å². The SMILES string of the molecule is COc1cccc(C2(c3ccccc3)NC(NC(=O)c3ccccc3[N+](=O)[O-])C(=O)Nc3ccccc32)c1. The molecule has 0 aliphatic carbocycles. The van der Waals surface area contributed by atoms with Gasteiger partial charge in [0.15, 0.2) is 6.17 Å². The number of benzene rings is 4. The second-order valence-corrected chi connectivity index (χ2v) is 8.71. The van der Waals surface area contributed by atoms with E-state index < -0.39 is 28.4 Å². The number of fused-ring (bicyclic) bond motifs is 1. The minimum absolute atomic E-state index is 0.152. The number of amides is 2. The first-order valence-electron chi connectivity index (χ1n) is 11.9. The maximum atomic E-state index is 13.5. The molecule has 0 radical (unpaired) electrons. The van der Waals surface area contributed by atoms with Gasteiger partial charge in [0.1, 0.15) is 11.3 Å². The van der Waals surface area contributed by atoms with Crippen LogP contribution in [0.1, 0.15) is 27.0 Å². The number of methoxy groups -OCH3 is 1. The summed E-state index contributed by atoms with van der Waals surface area (Å²) >= 11 is 0. The number of hydrogen-bond acceptors (Lipinski definition) is 6. The topological polar surface area (TPSA) is 123 Å². The van der Waals surface area contributed by atoms with E-state index in [9.17, 15) is 19.7 Å². The predicted molar refractivity (Wildman–Crippen MR) is 142 cm³/mol. The van der Waals surface area contributed by atoms with Gasteiger partial charge in [0.25, 0.3) is 17.5 Å². The molecule has 1 aliphatic rings. The number of para-hydroxylation sites is 2. The fourth-order valence-corrected chi connectivity index (χ4v) is 4.81. The van der Waals surface area contributed by atoms with Crippen LogP contribution in [-0.4, -0.2) is 30.0 Å². The predicted octanol–water partition coefficient (Wildman–Crippen LogP) is 4.19. The van der Waals surface area contributed by atoms with E-state index in [4.69, 9.17) is 4.74 Å². The highest BCUT2D eigenvalue weighted by Gasteiger charge is 2.44. The van der Waals surface area contributed by atoms with Gasteiger partial charge >= 0.3 is 0 Å². The summed E-state index contributed by atoms with van der Waals surface area (Å²) in [4.78, 5) is 37.7. The first-order valence-corrected chi connectivity index (χ1v) is 11.9. The molecule has 0 saturated heterocycles. The molecule has 1 aliphatic heterocycles. The van der Waals surface area contributed by atoms with Gasteiger partial charge < -0.3 is 15.4 Å². The van der Waals surface area contributed by atoms with Gasteiger partial charge in [-0.25, -0.2) is 0 Å². The zero-order chi connectivity index (χ0) is 26.7. The van der Waals surface area contributed by atoms with Crippen LogP contribution in [0.25, 0.3) is 0 Å². The second kappa shape index (κ2) is 10.2. The number of nitrogens with zero attached hydrogens (tertiary/aromatic N) is 1. The fourth-order valence-electron chi connectivity index (χ4n) is 4.81. The molecular weight excluding hydrogens is 484 g/mol. The Bertz CT molecular complexity index is 1520. The zero-order valence-electron chi connectivity index (χ0n) is 20.4. The van der Waals surface area contributed by atoms with Gasteiger partial charge in [-0.15, -0.1) is 0 Å². The fraction of sp³-hybridized carbons (Fsp3) is 0.103. The average Bonchev–Trinajstić information content (AvgIpc) is 3.08. The van der Waals surface area contributed by atoms with Crippen molar-refractivity contribution < 1.29 is 19.2 Å². The smallest absolute Gasteiger partial charge is 0.282 e. The number of carbonyl (C=O) groups is 2. The molecule has 190 valence electrons. The van der Waals surface area contributed by atoms with Gasteiger partial charge in [-0.3, -0.25) is 25.0 Å². The summed E-state index contributed by atoms with van der Waals surface area (Å²) in [5, 5.41) is 20.5. The third-order valence-electron chi connectivity index (χ3n) is 6.54. The van der Waals surface area contributed by atoms with Crippen LogP contribution in [0.4, 0.5) is 11.4 Å². The zero-order valence-corrected chi connectivity index (χ0v) is 20.4. The summed E-state index contributed by atoms with van der Waals surface area (Å²) in [6.07, 6.45) is -1.26. The van der Waals surface area contributed by atoms with Crippen molar-refractivity contribution in [1.82, 2.24) is 10.6 Å². The number of anilines is 1. The van der Waals surface area contributed by atoms with Gasteiger partial charge in [0, 0.05) is 17.3 Å². The first kappa shape index (κ1) is 24.7. The summed E-state index contributed by atoms with van der Waals surface area (Å²) in [5.74, 6) is -0.672. The number of carbonyl (C=O) groups excluding carboxylic acids is 2. The largest absolute Gasteiger partial charge is 0.497 e. The first-order chi connectivity index (χ1) is 18.4. The van der Waals surface area contributed by atoms with Crippen LogP contribution in [0.15, 0.2) is 103 Å². The van der Waals surface area contributed by atoms with E-state index in [0.29, 0.717) is 11.4 Å². The molecular formula is C29H24N4O5. The molecule has 9 heteroatoms. The normalized spacial score (nSPS) is 18.4. The Labute approximate surface area is 218 Å². The molecule has 38 heavy (non-hydrogen) atoms. The molecule has 4 aromatic carbocycles. The minimum Gasteiger partial charge on any atom is -0.497 e. The summed E-state index contributed by atoms with van der Waals surface area (Å²) < 4.78 is 5.51. The van der Waals surface area contributed by atoms with Crippen LogP contribution < -0.4 is 20.7 Å². The molecule has 0 saturated carbocycles. The summed E-state index contributed by atoms with van der Waals surface area (Å²) in [7, 11) is 1.57. The molecule has 0 spiro atoms. The van der Waals surface area contributed by atoms with Crippen LogP contribution in [0.5, 0.6) is 5.75 Å². The Hall–Kier alpha value is -5.02. The lowest BCUT2D eigenvalue weighted by atomic mass is 9.76. The van der Waals surface area contributed by atoms with Crippen LogP contribution in [0.3, 0.4) is 0 Å². The molecule has 0 aromatic heterocycles. The molecule has 4 aromatic rings. The van der Waals surface area contributed by atoms with Crippen molar-refractivity contribution >= 4 is 23.2 Å². The maximum Gasteiger partial charge on any atom is 0.282 e. The van der Waals surface area contributed by atoms with Gasteiger partial charge in [-0.2, -0.15) is 0 Å². The van der Waals surface area contributed by atoms with Crippen LogP contribution in [0, 0.1) is 10.1 Å². The number of nitrogens with one attached hydrogen (secondary N) is 3. The molecule has 3 N–H and O–H groups in total. The second-order valence-electron chi connectivity index (χ2n) is 8.71. The number of nitro benzene ring substituents is 1. The van der Waals surface area contributed by atoms with Crippen LogP contribution in [-0.2, 0) is 10.3 Å². The highest BCUT2D eigenvalue weighted by atomic mass is 16.6. The molecule has 2 atom stereocenters. The van der Waals surface area contributed by atoms with E-state index in [2.05, 4.69) is 16.0 Å². The van der Waals surface area contributed by atoms with Crippen molar-refractivity contribution in [1.29, 1.82) is 0 Å². The van der Waals surface area contributed by atoms with Gasteiger partial charge in [-0.1, -0.05) is 72.8 Å². The molecule has 0 fully saturated rings. The van der Waals surface area contributed by atoms with Crippen molar-refractivity contribution in [2.24, 2.45) is 0 Å². The lowest BCUT2D eigenvalue weighted by Crippen LogP contribution is -2.59. The highest BCUT2D eigenvalue weighted by Crippen LogP contribution is 2.43. The minimum atomic E-state index is -1.26. The Morgan fingerprint density at radius 3 is 2.37 bits per heavy atom.